The van der Waals surface area contributed by atoms with Crippen LogP contribution in [0, 0.1) is 16.7 Å². The van der Waals surface area contributed by atoms with Crippen molar-refractivity contribution in [3.8, 4) is 11.8 Å². The van der Waals surface area contributed by atoms with Gasteiger partial charge < -0.3 is 10.8 Å². The quantitative estimate of drug-likeness (QED) is 0.146. The van der Waals surface area contributed by atoms with Crippen LogP contribution in [0.25, 0.3) is 0 Å². The molecule has 14 heteroatoms. The molecule has 30 heavy (non-hydrogen) atoms. The Labute approximate surface area is 172 Å². The standard InChI is InChI=1S/C16H17N7O5S2/c1-29(25,26)22-10-3-2-4-11(7-10)23-30(27,28)12-5-6-15(24)13(8-12)20-21-14(9-17)16(18)19/h2-8,20,22-24H,1H3,(H3,18,19)/b21-14+. The van der Waals surface area contributed by atoms with Gasteiger partial charge >= 0.3 is 0 Å². The zero-order valence-electron chi connectivity index (χ0n) is 15.4. The number of sulfonamides is 2. The molecule has 12 nitrogen and oxygen atoms in total. The fraction of sp³-hybridized carbons (Fsp3) is 0.0625. The number of hydrogen-bond acceptors (Lipinski definition) is 9. The molecule has 2 aromatic rings. The van der Waals surface area contributed by atoms with Crippen LogP contribution in [0.2, 0.25) is 0 Å². The van der Waals surface area contributed by atoms with Crippen molar-refractivity contribution < 1.29 is 21.9 Å². The highest BCUT2D eigenvalue weighted by atomic mass is 32.2. The molecule has 2 rings (SSSR count). The Balaban J connectivity index is 2.32. The van der Waals surface area contributed by atoms with Crippen LogP contribution in [-0.2, 0) is 20.0 Å². The Bertz CT molecular complexity index is 1270. The van der Waals surface area contributed by atoms with E-state index in [-0.39, 0.29) is 27.7 Å². The highest BCUT2D eigenvalue weighted by molar-refractivity contribution is 7.92. The molecule has 0 radical (unpaired) electrons. The number of benzene rings is 2. The third kappa shape index (κ3) is 6.09. The molecule has 0 fully saturated rings. The van der Waals surface area contributed by atoms with Crippen LogP contribution < -0.4 is 20.6 Å². The minimum atomic E-state index is -4.13. The Kier molecular flexibility index (Phi) is 6.49. The molecule has 0 unspecified atom stereocenters. The van der Waals surface area contributed by atoms with Gasteiger partial charge in [-0.05, 0) is 36.4 Å². The van der Waals surface area contributed by atoms with Gasteiger partial charge in [0.15, 0.2) is 5.84 Å². The highest BCUT2D eigenvalue weighted by Crippen LogP contribution is 2.28. The van der Waals surface area contributed by atoms with E-state index in [2.05, 4.69) is 20.0 Å². The van der Waals surface area contributed by atoms with Crippen LogP contribution in [0.3, 0.4) is 0 Å². The second-order valence-corrected chi connectivity index (χ2v) is 9.27. The molecule has 0 amide bonds. The van der Waals surface area contributed by atoms with Crippen molar-refractivity contribution in [2.24, 2.45) is 10.8 Å². The number of phenols is 1. The smallest absolute Gasteiger partial charge is 0.261 e. The number of phenolic OH excluding ortho intramolecular Hbond substituents is 1. The lowest BCUT2D eigenvalue weighted by Crippen LogP contribution is -2.22. The van der Waals surface area contributed by atoms with Gasteiger partial charge in [0.05, 0.1) is 28.2 Å². The van der Waals surface area contributed by atoms with Crippen LogP contribution in [0.5, 0.6) is 5.75 Å². The van der Waals surface area contributed by atoms with Crippen molar-refractivity contribution in [2.45, 2.75) is 4.90 Å². The molecule has 0 heterocycles. The van der Waals surface area contributed by atoms with Crippen molar-refractivity contribution in [1.82, 2.24) is 0 Å². The SMILES string of the molecule is CS(=O)(=O)Nc1cccc(NS(=O)(=O)c2ccc(O)c(N/N=C(\C#N)C(=N)N)c2)c1. The van der Waals surface area contributed by atoms with E-state index in [9.17, 15) is 21.9 Å². The number of hydrogen-bond donors (Lipinski definition) is 6. The minimum Gasteiger partial charge on any atom is -0.506 e. The first-order valence-corrected chi connectivity index (χ1v) is 11.3. The lowest BCUT2D eigenvalue weighted by Gasteiger charge is -2.12. The summed E-state index contributed by atoms with van der Waals surface area (Å²) < 4.78 is 52.5. The molecular formula is C16H17N7O5S2. The van der Waals surface area contributed by atoms with Gasteiger partial charge in [-0.3, -0.25) is 20.3 Å². The van der Waals surface area contributed by atoms with E-state index in [0.29, 0.717) is 0 Å². The molecule has 0 aliphatic carbocycles. The predicted octanol–water partition coefficient (Wildman–Crippen LogP) is 0.792. The fourth-order valence-electron chi connectivity index (χ4n) is 2.11. The maximum Gasteiger partial charge on any atom is 0.261 e. The lowest BCUT2D eigenvalue weighted by atomic mass is 10.3. The summed E-state index contributed by atoms with van der Waals surface area (Å²) in [7, 11) is -7.68. The number of nitrogens with zero attached hydrogens (tertiary/aromatic N) is 2. The minimum absolute atomic E-state index is 0.0904. The first kappa shape index (κ1) is 22.5. The molecule has 0 aliphatic rings. The highest BCUT2D eigenvalue weighted by Gasteiger charge is 2.17. The predicted molar refractivity (Wildman–Crippen MR) is 112 cm³/mol. The summed E-state index contributed by atoms with van der Waals surface area (Å²) in [6.45, 7) is 0. The summed E-state index contributed by atoms with van der Waals surface area (Å²) in [5.41, 5.74) is 7.08. The average molecular weight is 451 g/mol. The van der Waals surface area contributed by atoms with Crippen LogP contribution >= 0.6 is 0 Å². The number of amidine groups is 1. The fourth-order valence-corrected chi connectivity index (χ4v) is 3.74. The first-order chi connectivity index (χ1) is 13.9. The molecule has 0 atom stereocenters. The van der Waals surface area contributed by atoms with Gasteiger partial charge in [0.1, 0.15) is 11.8 Å². The van der Waals surface area contributed by atoms with E-state index in [1.165, 1.54) is 24.3 Å². The van der Waals surface area contributed by atoms with Crippen LogP contribution in [0.4, 0.5) is 17.1 Å². The molecule has 7 N–H and O–H groups in total. The Morgan fingerprint density at radius 3 is 2.33 bits per heavy atom. The molecule has 0 aliphatic heterocycles. The van der Waals surface area contributed by atoms with Crippen molar-refractivity contribution >= 4 is 48.7 Å². The first-order valence-electron chi connectivity index (χ1n) is 7.93. The summed E-state index contributed by atoms with van der Waals surface area (Å²) in [4.78, 5) is -0.263. The molecule has 0 spiro atoms. The van der Waals surface area contributed by atoms with Crippen molar-refractivity contribution in [3.05, 3.63) is 42.5 Å². The van der Waals surface area contributed by atoms with Gasteiger partial charge in [0.2, 0.25) is 15.7 Å². The average Bonchev–Trinajstić information content (AvgIpc) is 2.61. The second-order valence-electron chi connectivity index (χ2n) is 5.84. The number of hydrazone groups is 1. The molecule has 0 aromatic heterocycles. The van der Waals surface area contributed by atoms with Crippen LogP contribution in [0.1, 0.15) is 0 Å². The van der Waals surface area contributed by atoms with E-state index in [1.54, 1.807) is 6.07 Å². The third-order valence-electron chi connectivity index (χ3n) is 3.35. The van der Waals surface area contributed by atoms with E-state index in [0.717, 1.165) is 24.5 Å². The topological polar surface area (TPSA) is 211 Å². The molecule has 0 saturated carbocycles. The third-order valence-corrected chi connectivity index (χ3v) is 5.33. The maximum atomic E-state index is 12.7. The summed E-state index contributed by atoms with van der Waals surface area (Å²) in [6, 6.07) is 10.4. The monoisotopic (exact) mass is 451 g/mol. The van der Waals surface area contributed by atoms with Gasteiger partial charge in [-0.1, -0.05) is 6.07 Å². The van der Waals surface area contributed by atoms with E-state index < -0.39 is 31.6 Å². The molecule has 2 aromatic carbocycles. The Hall–Kier alpha value is -3.83. The second kappa shape index (κ2) is 8.68. The van der Waals surface area contributed by atoms with Gasteiger partial charge in [-0.2, -0.15) is 10.4 Å². The summed E-state index contributed by atoms with van der Waals surface area (Å²) >= 11 is 0. The van der Waals surface area contributed by atoms with Gasteiger partial charge in [-0.25, -0.2) is 16.8 Å². The van der Waals surface area contributed by atoms with Crippen LogP contribution in [-0.4, -0.2) is 39.7 Å². The maximum absolute atomic E-state index is 12.7. The number of nitriles is 1. The van der Waals surface area contributed by atoms with Crippen molar-refractivity contribution in [3.63, 3.8) is 0 Å². The van der Waals surface area contributed by atoms with Gasteiger partial charge in [0, 0.05) is 0 Å². The summed E-state index contributed by atoms with van der Waals surface area (Å²) in [5, 5.41) is 29.4. The number of aromatic hydroxyl groups is 1. The normalized spacial score (nSPS) is 11.9. The Morgan fingerprint density at radius 2 is 1.77 bits per heavy atom. The molecule has 0 bridgehead atoms. The van der Waals surface area contributed by atoms with E-state index in [1.807, 2.05) is 0 Å². The van der Waals surface area contributed by atoms with Gasteiger partial charge in [0.25, 0.3) is 10.0 Å². The zero-order valence-corrected chi connectivity index (χ0v) is 17.0. The van der Waals surface area contributed by atoms with Crippen LogP contribution in [0.15, 0.2) is 52.5 Å². The largest absolute Gasteiger partial charge is 0.506 e. The molecular weight excluding hydrogens is 434 g/mol. The lowest BCUT2D eigenvalue weighted by molar-refractivity contribution is 0.477. The van der Waals surface area contributed by atoms with Crippen molar-refractivity contribution in [2.75, 3.05) is 21.1 Å². The number of nitrogens with two attached hydrogens (primary N) is 1. The zero-order chi connectivity index (χ0) is 22.5. The van der Waals surface area contributed by atoms with E-state index in [4.69, 9.17) is 16.4 Å². The molecule has 0 saturated heterocycles. The summed E-state index contributed by atoms with van der Waals surface area (Å²) in [6.07, 6.45) is 0.959. The molecule has 158 valence electrons. The Morgan fingerprint density at radius 1 is 1.13 bits per heavy atom. The van der Waals surface area contributed by atoms with Gasteiger partial charge in [-0.15, -0.1) is 0 Å². The number of anilines is 3. The van der Waals surface area contributed by atoms with E-state index >= 15 is 0 Å². The number of nitrogens with one attached hydrogen (secondary N) is 4. The summed E-state index contributed by atoms with van der Waals surface area (Å²) in [5.74, 6) is -0.976. The number of rotatable bonds is 8. The van der Waals surface area contributed by atoms with Crippen molar-refractivity contribution in [1.29, 1.82) is 10.7 Å².